The normalized spacial score (nSPS) is 10.4. The lowest BCUT2D eigenvalue weighted by Gasteiger charge is -2.16. The minimum absolute atomic E-state index is 0.182. The average Bonchev–Trinajstić information content (AvgIpc) is 2.84. The second-order valence-electron chi connectivity index (χ2n) is 3.76. The van der Waals surface area contributed by atoms with Crippen molar-refractivity contribution < 1.29 is 4.79 Å². The maximum absolute atomic E-state index is 12.2. The third-order valence-electron chi connectivity index (χ3n) is 2.36. The molecule has 0 unspecified atom stereocenters. The van der Waals surface area contributed by atoms with Gasteiger partial charge in [0.1, 0.15) is 10.8 Å². The molecule has 2 aromatic heterocycles. The van der Waals surface area contributed by atoms with Gasteiger partial charge in [-0.3, -0.25) is 4.79 Å². The first-order valence-electron chi connectivity index (χ1n) is 5.16. The number of aromatic nitrogens is 1. The fraction of sp³-hybridized carbons (Fsp3) is 0.167. The summed E-state index contributed by atoms with van der Waals surface area (Å²) in [5.41, 5.74) is 1.26. The Balaban J connectivity index is 2.17. The van der Waals surface area contributed by atoms with E-state index in [9.17, 15) is 4.79 Å². The SMILES string of the molecule is CN(Cc1ccsc1)C(=O)c1nc(Cl)ccc1Cl. The van der Waals surface area contributed by atoms with Gasteiger partial charge in [0, 0.05) is 13.6 Å². The molecule has 0 radical (unpaired) electrons. The van der Waals surface area contributed by atoms with Gasteiger partial charge in [0.05, 0.1) is 5.02 Å². The lowest BCUT2D eigenvalue weighted by Crippen LogP contribution is -2.27. The van der Waals surface area contributed by atoms with E-state index in [1.54, 1.807) is 35.4 Å². The third kappa shape index (κ3) is 3.02. The van der Waals surface area contributed by atoms with Crippen molar-refractivity contribution in [2.75, 3.05) is 7.05 Å². The van der Waals surface area contributed by atoms with Crippen molar-refractivity contribution in [2.24, 2.45) is 0 Å². The van der Waals surface area contributed by atoms with Gasteiger partial charge in [0.15, 0.2) is 0 Å². The summed E-state index contributed by atoms with van der Waals surface area (Å²) in [5.74, 6) is -0.242. The van der Waals surface area contributed by atoms with Crippen LogP contribution in [0.1, 0.15) is 16.1 Å². The lowest BCUT2D eigenvalue weighted by atomic mass is 10.3. The largest absolute Gasteiger partial charge is 0.336 e. The predicted molar refractivity (Wildman–Crippen MR) is 74.4 cm³/mol. The number of carbonyl (C=O) groups is 1. The van der Waals surface area contributed by atoms with Gasteiger partial charge in [0.25, 0.3) is 5.91 Å². The Morgan fingerprint density at radius 2 is 2.17 bits per heavy atom. The Morgan fingerprint density at radius 3 is 2.83 bits per heavy atom. The summed E-state index contributed by atoms with van der Waals surface area (Å²) in [5, 5.41) is 4.53. The second kappa shape index (κ2) is 5.69. The maximum Gasteiger partial charge on any atom is 0.274 e. The summed E-state index contributed by atoms with van der Waals surface area (Å²) in [4.78, 5) is 17.7. The number of hydrogen-bond donors (Lipinski definition) is 0. The van der Waals surface area contributed by atoms with Crippen LogP contribution in [0.15, 0.2) is 29.0 Å². The standard InChI is InChI=1S/C12H10Cl2N2OS/c1-16(6-8-4-5-18-7-8)12(17)11-9(13)2-3-10(14)15-11/h2-5,7H,6H2,1H3. The van der Waals surface area contributed by atoms with Crippen LogP contribution in [-0.4, -0.2) is 22.8 Å². The molecule has 18 heavy (non-hydrogen) atoms. The fourth-order valence-corrected chi connectivity index (χ4v) is 2.47. The zero-order chi connectivity index (χ0) is 13.1. The van der Waals surface area contributed by atoms with Gasteiger partial charge < -0.3 is 4.90 Å². The maximum atomic E-state index is 12.2. The van der Waals surface area contributed by atoms with E-state index in [1.165, 1.54) is 0 Å². The van der Waals surface area contributed by atoms with Crippen LogP contribution in [0.2, 0.25) is 10.2 Å². The predicted octanol–water partition coefficient (Wildman–Crippen LogP) is 3.72. The van der Waals surface area contributed by atoms with Crippen LogP contribution in [0, 0.1) is 0 Å². The number of nitrogens with zero attached hydrogens (tertiary/aromatic N) is 2. The number of pyridine rings is 1. The van der Waals surface area contributed by atoms with E-state index in [0.29, 0.717) is 11.6 Å². The molecule has 94 valence electrons. The van der Waals surface area contributed by atoms with E-state index in [-0.39, 0.29) is 16.8 Å². The molecule has 0 aliphatic rings. The molecule has 2 rings (SSSR count). The van der Waals surface area contributed by atoms with Gasteiger partial charge in [-0.25, -0.2) is 4.98 Å². The van der Waals surface area contributed by atoms with Crippen LogP contribution in [0.25, 0.3) is 0 Å². The molecule has 0 N–H and O–H groups in total. The van der Waals surface area contributed by atoms with Crippen LogP contribution >= 0.6 is 34.5 Å². The van der Waals surface area contributed by atoms with Crippen LogP contribution in [0.5, 0.6) is 0 Å². The molecule has 0 aromatic carbocycles. The second-order valence-corrected chi connectivity index (χ2v) is 5.33. The molecule has 1 amide bonds. The summed E-state index contributed by atoms with van der Waals surface area (Å²) < 4.78 is 0. The molecule has 0 aliphatic carbocycles. The van der Waals surface area contributed by atoms with Gasteiger partial charge in [-0.05, 0) is 34.5 Å². The van der Waals surface area contributed by atoms with Gasteiger partial charge in [-0.2, -0.15) is 11.3 Å². The Kier molecular flexibility index (Phi) is 4.22. The highest BCUT2D eigenvalue weighted by molar-refractivity contribution is 7.07. The topological polar surface area (TPSA) is 33.2 Å². The molecule has 6 heteroatoms. The molecule has 0 aliphatic heterocycles. The minimum atomic E-state index is -0.242. The van der Waals surface area contributed by atoms with Gasteiger partial charge >= 0.3 is 0 Å². The number of thiophene rings is 1. The third-order valence-corrected chi connectivity index (χ3v) is 3.61. The Labute approximate surface area is 119 Å². The smallest absolute Gasteiger partial charge is 0.274 e. The van der Waals surface area contributed by atoms with Crippen molar-refractivity contribution in [1.29, 1.82) is 0 Å². The molecule has 3 nitrogen and oxygen atoms in total. The average molecular weight is 301 g/mol. The summed E-state index contributed by atoms with van der Waals surface area (Å²) in [6.45, 7) is 0.521. The molecule has 2 heterocycles. The zero-order valence-corrected chi connectivity index (χ0v) is 11.9. The molecular formula is C12H10Cl2N2OS. The van der Waals surface area contributed by atoms with E-state index >= 15 is 0 Å². The highest BCUT2D eigenvalue weighted by Gasteiger charge is 2.17. The summed E-state index contributed by atoms with van der Waals surface area (Å²) in [7, 11) is 1.71. The Morgan fingerprint density at radius 1 is 1.39 bits per heavy atom. The van der Waals surface area contributed by atoms with Crippen molar-refractivity contribution in [1.82, 2.24) is 9.88 Å². The van der Waals surface area contributed by atoms with E-state index in [2.05, 4.69) is 4.98 Å². The molecule has 0 saturated carbocycles. The number of amides is 1. The minimum Gasteiger partial charge on any atom is -0.336 e. The number of carbonyl (C=O) groups excluding carboxylic acids is 1. The summed E-state index contributed by atoms with van der Waals surface area (Å²) in [6, 6.07) is 5.10. The first-order chi connectivity index (χ1) is 8.58. The number of hydrogen-bond acceptors (Lipinski definition) is 3. The van der Waals surface area contributed by atoms with Gasteiger partial charge in [-0.15, -0.1) is 0 Å². The van der Waals surface area contributed by atoms with E-state index in [4.69, 9.17) is 23.2 Å². The van der Waals surface area contributed by atoms with E-state index in [0.717, 1.165) is 5.56 Å². The summed E-state index contributed by atoms with van der Waals surface area (Å²) >= 11 is 13.3. The fourth-order valence-electron chi connectivity index (χ4n) is 1.48. The first kappa shape index (κ1) is 13.3. The zero-order valence-electron chi connectivity index (χ0n) is 9.56. The Bertz CT molecular complexity index is 557. The number of halogens is 2. The lowest BCUT2D eigenvalue weighted by molar-refractivity contribution is 0.0779. The van der Waals surface area contributed by atoms with Crippen LogP contribution in [0.4, 0.5) is 0 Å². The van der Waals surface area contributed by atoms with Gasteiger partial charge in [-0.1, -0.05) is 23.2 Å². The monoisotopic (exact) mass is 300 g/mol. The molecule has 0 spiro atoms. The molecule has 0 bridgehead atoms. The van der Waals surface area contributed by atoms with Crippen molar-refractivity contribution >= 4 is 40.4 Å². The van der Waals surface area contributed by atoms with E-state index < -0.39 is 0 Å². The van der Waals surface area contributed by atoms with Crippen molar-refractivity contribution in [2.45, 2.75) is 6.54 Å². The first-order valence-corrected chi connectivity index (χ1v) is 6.86. The van der Waals surface area contributed by atoms with Gasteiger partial charge in [0.2, 0.25) is 0 Å². The van der Waals surface area contributed by atoms with Crippen LogP contribution < -0.4 is 0 Å². The van der Waals surface area contributed by atoms with Crippen molar-refractivity contribution in [3.8, 4) is 0 Å². The van der Waals surface area contributed by atoms with Crippen molar-refractivity contribution in [3.05, 3.63) is 50.4 Å². The molecular weight excluding hydrogens is 291 g/mol. The number of rotatable bonds is 3. The Hall–Kier alpha value is -1.10. The highest BCUT2D eigenvalue weighted by atomic mass is 35.5. The molecule has 0 fully saturated rings. The molecule has 0 saturated heterocycles. The highest BCUT2D eigenvalue weighted by Crippen LogP contribution is 2.19. The van der Waals surface area contributed by atoms with Crippen molar-refractivity contribution in [3.63, 3.8) is 0 Å². The quantitative estimate of drug-likeness (QED) is 0.809. The molecule has 0 atom stereocenters. The molecule has 2 aromatic rings. The van der Waals surface area contributed by atoms with Crippen LogP contribution in [0.3, 0.4) is 0 Å². The van der Waals surface area contributed by atoms with Crippen LogP contribution in [-0.2, 0) is 6.54 Å². The van der Waals surface area contributed by atoms with E-state index in [1.807, 2.05) is 16.8 Å². The summed E-state index contributed by atoms with van der Waals surface area (Å²) in [6.07, 6.45) is 0.